The molecule has 0 aliphatic carbocycles. The third-order valence-electron chi connectivity index (χ3n) is 2.69. The number of hydrogen-bond donors (Lipinski definition) is 1. The van der Waals surface area contributed by atoms with Crippen LogP contribution in [0.15, 0.2) is 6.07 Å². The number of ether oxygens (including phenoxy) is 1. The number of methoxy groups -OCH3 is 1. The van der Waals surface area contributed by atoms with E-state index in [1.54, 1.807) is 0 Å². The molecule has 0 saturated carbocycles. The predicted octanol–water partition coefficient (Wildman–Crippen LogP) is 5.28. The summed E-state index contributed by atoms with van der Waals surface area (Å²) in [6.45, 7) is 0. The molecule has 0 amide bonds. The quantitative estimate of drug-likeness (QED) is 0.613. The lowest BCUT2D eigenvalue weighted by molar-refractivity contribution is -0.142. The molecule has 0 aromatic carbocycles. The number of hydrogen-bond acceptors (Lipinski definition) is 3. The Balaban J connectivity index is 2.86. The molecule has 0 saturated heterocycles. The van der Waals surface area contributed by atoms with Crippen molar-refractivity contribution in [2.24, 2.45) is 0 Å². The summed E-state index contributed by atoms with van der Waals surface area (Å²) >= 11 is 34.5. The molecule has 2 heterocycles. The first-order valence-corrected chi connectivity index (χ1v) is 7.98. The third kappa shape index (κ3) is 3.94. The Labute approximate surface area is 162 Å². The summed E-state index contributed by atoms with van der Waals surface area (Å²) in [6.07, 6.45) is -4.82. The van der Waals surface area contributed by atoms with Crippen LogP contribution in [0.2, 0.25) is 0 Å². The molecule has 5 nitrogen and oxygen atoms in total. The molecule has 0 atom stereocenters. The van der Waals surface area contributed by atoms with E-state index in [0.29, 0.717) is 10.7 Å². The van der Waals surface area contributed by atoms with Crippen LogP contribution in [0.25, 0.3) is 5.69 Å². The van der Waals surface area contributed by atoms with Gasteiger partial charge in [0, 0.05) is 6.07 Å². The van der Waals surface area contributed by atoms with Gasteiger partial charge in [0.15, 0.2) is 5.69 Å². The Morgan fingerprint density at radius 3 is 2.08 bits per heavy atom. The second kappa shape index (κ2) is 6.48. The van der Waals surface area contributed by atoms with E-state index in [4.69, 9.17) is 74.3 Å². The van der Waals surface area contributed by atoms with Crippen molar-refractivity contribution in [3.8, 4) is 11.6 Å². The van der Waals surface area contributed by atoms with Crippen molar-refractivity contribution in [2.45, 2.75) is 13.8 Å². The molecular formula is C10H5Cl6F3N4O. The molecule has 0 aliphatic heterocycles. The van der Waals surface area contributed by atoms with Crippen molar-refractivity contribution < 1.29 is 17.9 Å². The van der Waals surface area contributed by atoms with Crippen LogP contribution in [-0.2, 0) is 13.8 Å². The van der Waals surface area contributed by atoms with E-state index in [1.807, 2.05) is 0 Å². The monoisotopic (exact) mass is 464 g/mol. The van der Waals surface area contributed by atoms with Gasteiger partial charge in [-0.25, -0.2) is 4.68 Å². The number of H-pyrrole nitrogens is 1. The minimum absolute atomic E-state index is 0.353. The highest BCUT2D eigenvalue weighted by molar-refractivity contribution is 6.68. The molecule has 0 unspecified atom stereocenters. The van der Waals surface area contributed by atoms with Gasteiger partial charge < -0.3 is 4.74 Å². The number of aromatic amines is 1. The van der Waals surface area contributed by atoms with Gasteiger partial charge >= 0.3 is 6.18 Å². The van der Waals surface area contributed by atoms with E-state index in [2.05, 4.69) is 15.3 Å². The third-order valence-corrected chi connectivity index (χ3v) is 3.79. The van der Waals surface area contributed by atoms with Gasteiger partial charge in [-0.15, -0.1) is 5.10 Å². The highest BCUT2D eigenvalue weighted by Crippen LogP contribution is 2.48. The molecule has 2 rings (SSSR count). The molecular weight excluding hydrogens is 462 g/mol. The fraction of sp³-hybridized carbons (Fsp3) is 0.400. The van der Waals surface area contributed by atoms with Crippen molar-refractivity contribution in [1.82, 2.24) is 20.0 Å². The van der Waals surface area contributed by atoms with Crippen molar-refractivity contribution in [3.63, 3.8) is 0 Å². The summed E-state index contributed by atoms with van der Waals surface area (Å²) in [5.74, 6) is -0.353. The van der Waals surface area contributed by atoms with Crippen LogP contribution in [0.3, 0.4) is 0 Å². The van der Waals surface area contributed by atoms with Gasteiger partial charge in [0.2, 0.25) is 13.5 Å². The fourth-order valence-electron chi connectivity index (χ4n) is 1.77. The van der Waals surface area contributed by atoms with Gasteiger partial charge in [-0.3, -0.25) is 5.10 Å². The second-order valence-electron chi connectivity index (χ2n) is 4.27. The van der Waals surface area contributed by atoms with Gasteiger partial charge in [-0.1, -0.05) is 69.6 Å². The van der Waals surface area contributed by atoms with E-state index in [-0.39, 0.29) is 11.6 Å². The summed E-state index contributed by atoms with van der Waals surface area (Å²) in [5, 5.41) is 9.55. The van der Waals surface area contributed by atoms with E-state index >= 15 is 0 Å². The van der Waals surface area contributed by atoms with Gasteiger partial charge in [0.1, 0.15) is 17.1 Å². The SMILES string of the molecule is COc1cc(C(F)(F)F)n(-c2c(C(Cl)(Cl)Cl)n[nH]c2C(Cl)(Cl)Cl)n1. The summed E-state index contributed by atoms with van der Waals surface area (Å²) in [6, 6.07) is 0.636. The highest BCUT2D eigenvalue weighted by atomic mass is 35.6. The smallest absolute Gasteiger partial charge is 0.433 e. The largest absolute Gasteiger partial charge is 0.480 e. The Morgan fingerprint density at radius 1 is 1.08 bits per heavy atom. The number of rotatable bonds is 2. The van der Waals surface area contributed by atoms with Crippen molar-refractivity contribution in [3.05, 3.63) is 23.1 Å². The first kappa shape index (κ1) is 20.1. The normalized spacial score (nSPS) is 13.4. The molecule has 2 aromatic heterocycles. The Hall–Kier alpha value is -0.250. The molecule has 1 N–H and O–H groups in total. The summed E-state index contributed by atoms with van der Waals surface area (Å²) in [4.78, 5) is 0. The van der Waals surface area contributed by atoms with Crippen molar-refractivity contribution in [2.75, 3.05) is 7.11 Å². The van der Waals surface area contributed by atoms with Gasteiger partial charge in [0.25, 0.3) is 0 Å². The number of aromatic nitrogens is 4. The molecule has 0 fully saturated rings. The summed E-state index contributed by atoms with van der Waals surface area (Å²) in [5.41, 5.74) is -2.52. The number of alkyl halides is 9. The minimum atomic E-state index is -4.82. The second-order valence-corrected chi connectivity index (χ2v) is 8.84. The topological polar surface area (TPSA) is 55.7 Å². The maximum atomic E-state index is 13.3. The number of nitrogens with zero attached hydrogens (tertiary/aromatic N) is 3. The summed E-state index contributed by atoms with van der Waals surface area (Å²) < 4.78 is 40.6. The summed E-state index contributed by atoms with van der Waals surface area (Å²) in [7, 11) is 1.13. The molecule has 2 aromatic rings. The highest BCUT2D eigenvalue weighted by Gasteiger charge is 2.43. The van der Waals surface area contributed by atoms with Crippen LogP contribution in [0.1, 0.15) is 17.1 Å². The molecule has 134 valence electrons. The van der Waals surface area contributed by atoms with Crippen LogP contribution in [0.5, 0.6) is 5.88 Å². The Kier molecular flexibility index (Phi) is 5.42. The van der Waals surface area contributed by atoms with Gasteiger partial charge in [0.05, 0.1) is 7.11 Å². The first-order valence-electron chi connectivity index (χ1n) is 5.71. The minimum Gasteiger partial charge on any atom is -0.480 e. The van der Waals surface area contributed by atoms with E-state index in [0.717, 1.165) is 7.11 Å². The van der Waals surface area contributed by atoms with E-state index in [1.165, 1.54) is 0 Å². The zero-order chi connectivity index (χ0) is 18.5. The molecule has 0 aliphatic rings. The van der Waals surface area contributed by atoms with Crippen LogP contribution in [-0.4, -0.2) is 27.1 Å². The lowest BCUT2D eigenvalue weighted by Gasteiger charge is -2.17. The van der Waals surface area contributed by atoms with Gasteiger partial charge in [-0.05, 0) is 0 Å². The fourth-order valence-corrected chi connectivity index (χ4v) is 2.56. The lowest BCUT2D eigenvalue weighted by atomic mass is 10.3. The standard InChI is InChI=1S/C10H5Cl6F3N4O/c1-24-4-2-3(10(17,18)19)23(22-4)5-6(8(11,12)13)20-21-7(5)9(14,15)16/h2H,1H3,(H,20,21). The van der Waals surface area contributed by atoms with Crippen LogP contribution >= 0.6 is 69.6 Å². The van der Waals surface area contributed by atoms with Gasteiger partial charge in [-0.2, -0.15) is 18.3 Å². The van der Waals surface area contributed by atoms with Crippen molar-refractivity contribution in [1.29, 1.82) is 0 Å². The average Bonchev–Trinajstić information content (AvgIpc) is 3.00. The molecule has 24 heavy (non-hydrogen) atoms. The Morgan fingerprint density at radius 2 is 1.67 bits per heavy atom. The zero-order valence-electron chi connectivity index (χ0n) is 11.2. The Bertz CT molecular complexity index is 714. The zero-order valence-corrected chi connectivity index (χ0v) is 15.8. The lowest BCUT2D eigenvalue weighted by Crippen LogP contribution is -2.18. The number of halogens is 9. The molecule has 0 radical (unpaired) electrons. The van der Waals surface area contributed by atoms with Crippen molar-refractivity contribution >= 4 is 69.6 Å². The average molecular weight is 467 g/mol. The van der Waals surface area contributed by atoms with E-state index in [9.17, 15) is 13.2 Å². The van der Waals surface area contributed by atoms with E-state index < -0.39 is 30.8 Å². The van der Waals surface area contributed by atoms with Crippen LogP contribution in [0.4, 0.5) is 13.2 Å². The maximum Gasteiger partial charge on any atom is 0.433 e. The molecule has 0 bridgehead atoms. The number of nitrogens with one attached hydrogen (secondary N) is 1. The first-order chi connectivity index (χ1) is 10.8. The maximum absolute atomic E-state index is 13.3. The van der Waals surface area contributed by atoms with Crippen LogP contribution < -0.4 is 4.74 Å². The predicted molar refractivity (Wildman–Crippen MR) is 85.7 cm³/mol. The molecule has 0 spiro atoms. The van der Waals surface area contributed by atoms with Crippen LogP contribution in [0, 0.1) is 0 Å². The molecule has 14 heteroatoms.